The number of pyridine rings is 1. The van der Waals surface area contributed by atoms with E-state index in [1.807, 2.05) is 60.1 Å². The van der Waals surface area contributed by atoms with Crippen molar-refractivity contribution in [2.24, 2.45) is 0 Å². The second-order valence-corrected chi connectivity index (χ2v) is 10.7. The molecule has 5 rings (SSSR count). The highest BCUT2D eigenvalue weighted by atomic mass is 16.5. The summed E-state index contributed by atoms with van der Waals surface area (Å²) in [6, 6.07) is 24.2. The number of hydrogen-bond donors (Lipinski definition) is 0. The van der Waals surface area contributed by atoms with Gasteiger partial charge in [-0.1, -0.05) is 81.4 Å². The fraction of sp³-hybridized carbons (Fsp3) is 0.353. The van der Waals surface area contributed by atoms with E-state index >= 15 is 0 Å². The molecule has 0 radical (unpaired) electrons. The molecule has 0 aliphatic heterocycles. The third-order valence-electron chi connectivity index (χ3n) is 7.21. The van der Waals surface area contributed by atoms with Gasteiger partial charge in [0.25, 0.3) is 0 Å². The highest BCUT2D eigenvalue weighted by molar-refractivity contribution is 5.79. The molecule has 0 fully saturated rings. The average molecular weight is 566 g/mol. The van der Waals surface area contributed by atoms with E-state index in [1.165, 1.54) is 0 Å². The predicted octanol–water partition coefficient (Wildman–Crippen LogP) is 6.87. The second-order valence-electron chi connectivity index (χ2n) is 10.7. The topological polar surface area (TPSA) is 84.2 Å². The van der Waals surface area contributed by atoms with Crippen molar-refractivity contribution in [2.75, 3.05) is 20.3 Å². The Labute approximate surface area is 247 Å². The number of fused-ring (bicyclic) bond motifs is 1. The molecule has 8 nitrogen and oxygen atoms in total. The number of hydrogen-bond acceptors (Lipinski definition) is 7. The largest absolute Gasteiger partial charge is 0.480 e. The Hall–Kier alpha value is -4.14. The summed E-state index contributed by atoms with van der Waals surface area (Å²) in [5, 5.41) is 4.92. The third-order valence-corrected chi connectivity index (χ3v) is 7.21. The van der Waals surface area contributed by atoms with Crippen LogP contribution < -0.4 is 4.74 Å². The van der Waals surface area contributed by atoms with Gasteiger partial charge in [-0.05, 0) is 42.5 Å². The molecule has 0 N–H and O–H groups in total. The van der Waals surface area contributed by atoms with Crippen LogP contribution in [0.2, 0.25) is 0 Å². The van der Waals surface area contributed by atoms with E-state index in [4.69, 9.17) is 34.3 Å². The number of nitrogens with zero attached hydrogens (tertiary/aromatic N) is 5. The molecule has 5 aromatic rings. The summed E-state index contributed by atoms with van der Waals surface area (Å²) in [7, 11) is 1.65. The zero-order valence-corrected chi connectivity index (χ0v) is 25.1. The zero-order chi connectivity index (χ0) is 29.5. The van der Waals surface area contributed by atoms with Crippen LogP contribution in [0.15, 0.2) is 72.8 Å². The lowest BCUT2D eigenvalue weighted by molar-refractivity contribution is 0.0289. The summed E-state index contributed by atoms with van der Waals surface area (Å²) in [6.07, 6.45) is 0.692. The molecule has 0 bridgehead atoms. The zero-order valence-electron chi connectivity index (χ0n) is 25.1. The van der Waals surface area contributed by atoms with Crippen molar-refractivity contribution in [3.63, 3.8) is 0 Å². The first-order valence-corrected chi connectivity index (χ1v) is 14.5. The molecule has 0 saturated carbocycles. The molecule has 0 amide bonds. The van der Waals surface area contributed by atoms with Crippen LogP contribution in [0.25, 0.3) is 22.4 Å². The monoisotopic (exact) mass is 565 g/mol. The maximum Gasteiger partial charge on any atom is 0.222 e. The van der Waals surface area contributed by atoms with E-state index in [-0.39, 0.29) is 12.0 Å². The van der Waals surface area contributed by atoms with Crippen molar-refractivity contribution in [3.05, 3.63) is 101 Å². The van der Waals surface area contributed by atoms with Gasteiger partial charge in [0.05, 0.1) is 56.2 Å². The summed E-state index contributed by atoms with van der Waals surface area (Å²) in [6.45, 7) is 10.1. The Bertz CT molecular complexity index is 1560. The van der Waals surface area contributed by atoms with Crippen LogP contribution >= 0.6 is 0 Å². The van der Waals surface area contributed by atoms with E-state index < -0.39 is 0 Å². The molecule has 0 saturated heterocycles. The molecule has 0 spiro atoms. The molecule has 0 atom stereocenters. The Balaban J connectivity index is 1.48. The molecule has 8 heteroatoms. The smallest absolute Gasteiger partial charge is 0.222 e. The molecule has 3 aromatic heterocycles. The van der Waals surface area contributed by atoms with Crippen molar-refractivity contribution in [2.45, 2.75) is 59.3 Å². The van der Waals surface area contributed by atoms with Gasteiger partial charge >= 0.3 is 0 Å². The lowest BCUT2D eigenvalue weighted by Crippen LogP contribution is -2.23. The standard InChI is InChI=1S/C34H39N5O3/c1-6-29-32(28-17-18-30(23(2)3)36-34(28)40-5)37-31-24(4)38-39(33(31)35-29)27(21-41-19-25-13-9-7-10-14-25)22-42-20-26-15-11-8-12-16-26/h7-18,23,27H,6,19-22H2,1-5H3. The van der Waals surface area contributed by atoms with E-state index in [2.05, 4.69) is 45.0 Å². The predicted molar refractivity (Wildman–Crippen MR) is 165 cm³/mol. The molecule has 218 valence electrons. The average Bonchev–Trinajstić information content (AvgIpc) is 3.35. The van der Waals surface area contributed by atoms with Gasteiger partial charge in [-0.2, -0.15) is 5.10 Å². The number of methoxy groups -OCH3 is 1. The minimum absolute atomic E-state index is 0.194. The number of aryl methyl sites for hydroxylation is 2. The Kier molecular flexibility index (Phi) is 9.56. The number of ether oxygens (including phenoxy) is 3. The molecule has 42 heavy (non-hydrogen) atoms. The van der Waals surface area contributed by atoms with Gasteiger partial charge in [0, 0.05) is 5.69 Å². The molecular weight excluding hydrogens is 526 g/mol. The van der Waals surface area contributed by atoms with Crippen molar-refractivity contribution in [1.82, 2.24) is 24.7 Å². The quantitative estimate of drug-likeness (QED) is 0.154. The maximum atomic E-state index is 6.19. The van der Waals surface area contributed by atoms with Gasteiger partial charge in [0.2, 0.25) is 5.88 Å². The highest BCUT2D eigenvalue weighted by Gasteiger charge is 2.24. The minimum atomic E-state index is -0.194. The summed E-state index contributed by atoms with van der Waals surface area (Å²) in [5.74, 6) is 0.842. The van der Waals surface area contributed by atoms with Crippen LogP contribution in [-0.2, 0) is 29.1 Å². The maximum absolute atomic E-state index is 6.19. The first-order chi connectivity index (χ1) is 20.5. The van der Waals surface area contributed by atoms with Crippen molar-refractivity contribution in [3.8, 4) is 17.1 Å². The normalized spacial score (nSPS) is 11.6. The summed E-state index contributed by atoms with van der Waals surface area (Å²) in [5.41, 5.74) is 7.92. The van der Waals surface area contributed by atoms with Gasteiger partial charge in [-0.25, -0.2) is 19.6 Å². The van der Waals surface area contributed by atoms with Gasteiger partial charge in [-0.3, -0.25) is 0 Å². The fourth-order valence-electron chi connectivity index (χ4n) is 4.91. The van der Waals surface area contributed by atoms with Crippen molar-refractivity contribution < 1.29 is 14.2 Å². The summed E-state index contributed by atoms with van der Waals surface area (Å²) >= 11 is 0. The Morgan fingerprint density at radius 3 is 1.95 bits per heavy atom. The minimum Gasteiger partial charge on any atom is -0.480 e. The van der Waals surface area contributed by atoms with E-state index in [0.29, 0.717) is 38.7 Å². The van der Waals surface area contributed by atoms with E-state index in [1.54, 1.807) is 7.11 Å². The molecule has 2 aromatic carbocycles. The Morgan fingerprint density at radius 1 is 0.786 bits per heavy atom. The fourth-order valence-corrected chi connectivity index (χ4v) is 4.91. The van der Waals surface area contributed by atoms with Gasteiger partial charge in [0.15, 0.2) is 5.65 Å². The molecule has 3 heterocycles. The van der Waals surface area contributed by atoms with Crippen LogP contribution in [-0.4, -0.2) is 45.1 Å². The molecular formula is C34H39N5O3. The van der Waals surface area contributed by atoms with Crippen molar-refractivity contribution in [1.29, 1.82) is 0 Å². The molecule has 0 aliphatic rings. The molecule has 0 aliphatic carbocycles. The SMILES string of the molecule is CCc1nc2c(nc1-c1ccc(C(C)C)nc1OC)c(C)nn2C(COCc1ccccc1)COCc1ccccc1. The van der Waals surface area contributed by atoms with E-state index in [0.717, 1.165) is 50.6 Å². The van der Waals surface area contributed by atoms with Gasteiger partial charge in [0.1, 0.15) is 11.6 Å². The lowest BCUT2D eigenvalue weighted by Gasteiger charge is -2.19. The third kappa shape index (κ3) is 6.66. The molecule has 0 unspecified atom stereocenters. The van der Waals surface area contributed by atoms with Gasteiger partial charge < -0.3 is 14.2 Å². The Morgan fingerprint density at radius 2 is 1.40 bits per heavy atom. The van der Waals surface area contributed by atoms with Crippen LogP contribution in [0.3, 0.4) is 0 Å². The summed E-state index contributed by atoms with van der Waals surface area (Å²) in [4.78, 5) is 15.0. The van der Waals surface area contributed by atoms with Crippen LogP contribution in [0.4, 0.5) is 0 Å². The number of benzene rings is 2. The van der Waals surface area contributed by atoms with E-state index in [9.17, 15) is 0 Å². The first-order valence-electron chi connectivity index (χ1n) is 14.5. The summed E-state index contributed by atoms with van der Waals surface area (Å²) < 4.78 is 20.0. The first kappa shape index (κ1) is 29.4. The van der Waals surface area contributed by atoms with Crippen LogP contribution in [0.1, 0.15) is 60.9 Å². The highest BCUT2D eigenvalue weighted by Crippen LogP contribution is 2.33. The van der Waals surface area contributed by atoms with Crippen LogP contribution in [0.5, 0.6) is 5.88 Å². The number of rotatable bonds is 13. The lowest BCUT2D eigenvalue weighted by atomic mass is 10.1. The number of aromatic nitrogens is 5. The van der Waals surface area contributed by atoms with Crippen LogP contribution in [0, 0.1) is 6.92 Å². The van der Waals surface area contributed by atoms with Crippen molar-refractivity contribution >= 4 is 11.2 Å². The second kappa shape index (κ2) is 13.7. The van der Waals surface area contributed by atoms with Gasteiger partial charge in [-0.15, -0.1) is 0 Å².